The third-order valence-corrected chi connectivity index (χ3v) is 6.67. The van der Waals surface area contributed by atoms with Crippen LogP contribution in [-0.4, -0.2) is 42.8 Å². The maximum Gasteiger partial charge on any atom is 0.268 e. The number of likely N-dealkylation sites (tertiary alicyclic amines) is 1. The lowest BCUT2D eigenvalue weighted by Crippen LogP contribution is -2.35. The van der Waals surface area contributed by atoms with E-state index in [0.717, 1.165) is 31.5 Å². The molecule has 7 heteroatoms. The van der Waals surface area contributed by atoms with Crippen LogP contribution in [0.25, 0.3) is 0 Å². The minimum Gasteiger partial charge on any atom is -0.348 e. The molecule has 1 aromatic heterocycles. The molecule has 2 heterocycles. The van der Waals surface area contributed by atoms with Crippen molar-refractivity contribution in [3.63, 3.8) is 0 Å². The number of carbonyl (C=O) groups excluding carboxylic acids is 3. The van der Waals surface area contributed by atoms with E-state index in [1.807, 2.05) is 40.6 Å². The standard InChI is InChI=1S/C26H27N3O3S/c1-28(26(32)23-13-8-16-33-23)22-12-4-3-11-21(22)24(30)27-18-19-9-7-10-20(17-19)25(31)29-14-5-2-6-15-29/h3-4,7-13,16-17H,2,5-6,14-15,18H2,1H3,(H,27,30). The number of para-hydroxylation sites is 1. The molecular weight excluding hydrogens is 434 g/mol. The fourth-order valence-electron chi connectivity index (χ4n) is 4.00. The number of nitrogens with one attached hydrogen (secondary N) is 1. The van der Waals surface area contributed by atoms with Crippen molar-refractivity contribution in [3.05, 3.63) is 87.6 Å². The van der Waals surface area contributed by atoms with Gasteiger partial charge in [0.1, 0.15) is 0 Å². The Balaban J connectivity index is 1.44. The largest absolute Gasteiger partial charge is 0.348 e. The molecule has 0 aliphatic carbocycles. The van der Waals surface area contributed by atoms with Crippen LogP contribution in [-0.2, 0) is 6.54 Å². The van der Waals surface area contributed by atoms with Crippen molar-refractivity contribution in [1.29, 1.82) is 0 Å². The third-order valence-electron chi connectivity index (χ3n) is 5.82. The van der Waals surface area contributed by atoms with E-state index in [9.17, 15) is 14.4 Å². The summed E-state index contributed by atoms with van der Waals surface area (Å²) in [6, 6.07) is 18.1. The van der Waals surface area contributed by atoms with Crippen molar-refractivity contribution in [2.45, 2.75) is 25.8 Å². The van der Waals surface area contributed by atoms with E-state index < -0.39 is 0 Å². The summed E-state index contributed by atoms with van der Waals surface area (Å²) in [6.45, 7) is 1.89. The summed E-state index contributed by atoms with van der Waals surface area (Å²) in [5, 5.41) is 4.78. The van der Waals surface area contributed by atoms with E-state index in [2.05, 4.69) is 5.32 Å². The Kier molecular flexibility index (Phi) is 7.19. The monoisotopic (exact) mass is 461 g/mol. The van der Waals surface area contributed by atoms with Crippen molar-refractivity contribution in [2.24, 2.45) is 0 Å². The average Bonchev–Trinajstić information content (AvgIpc) is 3.42. The molecule has 4 rings (SSSR count). The van der Waals surface area contributed by atoms with Crippen molar-refractivity contribution < 1.29 is 14.4 Å². The lowest BCUT2D eigenvalue weighted by atomic mass is 10.1. The van der Waals surface area contributed by atoms with E-state index in [1.165, 1.54) is 22.7 Å². The van der Waals surface area contributed by atoms with Gasteiger partial charge in [0.05, 0.1) is 16.1 Å². The number of hydrogen-bond acceptors (Lipinski definition) is 4. The number of benzene rings is 2. The van der Waals surface area contributed by atoms with Gasteiger partial charge in [-0.1, -0.05) is 30.3 Å². The smallest absolute Gasteiger partial charge is 0.268 e. The first kappa shape index (κ1) is 22.7. The molecule has 0 unspecified atom stereocenters. The summed E-state index contributed by atoms with van der Waals surface area (Å²) in [5.41, 5.74) is 2.46. The second kappa shape index (κ2) is 10.4. The second-order valence-electron chi connectivity index (χ2n) is 8.09. The van der Waals surface area contributed by atoms with Crippen LogP contribution in [0.15, 0.2) is 66.0 Å². The summed E-state index contributed by atoms with van der Waals surface area (Å²) < 4.78 is 0. The van der Waals surface area contributed by atoms with E-state index in [-0.39, 0.29) is 24.3 Å². The first-order valence-corrected chi connectivity index (χ1v) is 12.0. The number of amides is 3. The van der Waals surface area contributed by atoms with Crippen LogP contribution >= 0.6 is 11.3 Å². The minimum atomic E-state index is -0.274. The molecule has 0 spiro atoms. The molecule has 6 nitrogen and oxygen atoms in total. The molecule has 2 aromatic carbocycles. The molecule has 33 heavy (non-hydrogen) atoms. The zero-order valence-corrected chi connectivity index (χ0v) is 19.4. The Morgan fingerprint density at radius 3 is 2.52 bits per heavy atom. The average molecular weight is 462 g/mol. The number of thiophene rings is 1. The highest BCUT2D eigenvalue weighted by Gasteiger charge is 2.21. The SMILES string of the molecule is CN(C(=O)c1cccs1)c1ccccc1C(=O)NCc1cccc(C(=O)N2CCCCC2)c1. The van der Waals surface area contributed by atoms with Gasteiger partial charge in [0.25, 0.3) is 17.7 Å². The van der Waals surface area contributed by atoms with Gasteiger partial charge in [-0.05, 0) is 60.5 Å². The van der Waals surface area contributed by atoms with Gasteiger partial charge < -0.3 is 15.1 Å². The predicted octanol–water partition coefficient (Wildman–Crippen LogP) is 4.58. The lowest BCUT2D eigenvalue weighted by Gasteiger charge is -2.26. The maximum absolute atomic E-state index is 13.0. The van der Waals surface area contributed by atoms with Crippen molar-refractivity contribution >= 4 is 34.7 Å². The zero-order chi connectivity index (χ0) is 23.2. The molecule has 0 saturated carbocycles. The van der Waals surface area contributed by atoms with E-state index in [1.54, 1.807) is 37.4 Å². The highest BCUT2D eigenvalue weighted by molar-refractivity contribution is 7.12. The van der Waals surface area contributed by atoms with Crippen LogP contribution in [0.2, 0.25) is 0 Å². The molecule has 170 valence electrons. The number of anilines is 1. The Labute approximate surface area is 197 Å². The predicted molar refractivity (Wildman–Crippen MR) is 131 cm³/mol. The van der Waals surface area contributed by atoms with Crippen LogP contribution in [0.5, 0.6) is 0 Å². The molecule has 0 bridgehead atoms. The van der Waals surface area contributed by atoms with Gasteiger partial charge in [-0.25, -0.2) is 0 Å². The number of rotatable bonds is 6. The minimum absolute atomic E-state index is 0.0435. The van der Waals surface area contributed by atoms with Crippen LogP contribution in [0, 0.1) is 0 Å². The first-order valence-electron chi connectivity index (χ1n) is 11.1. The summed E-state index contributed by atoms with van der Waals surface area (Å²) in [4.78, 5) is 42.6. The van der Waals surface area contributed by atoms with Gasteiger partial charge in [0, 0.05) is 32.2 Å². The first-order chi connectivity index (χ1) is 16.0. The van der Waals surface area contributed by atoms with Gasteiger partial charge in [0.15, 0.2) is 0 Å². The van der Waals surface area contributed by atoms with E-state index in [4.69, 9.17) is 0 Å². The number of nitrogens with zero attached hydrogens (tertiary/aromatic N) is 2. The second-order valence-corrected chi connectivity index (χ2v) is 9.04. The number of piperidine rings is 1. The van der Waals surface area contributed by atoms with Crippen molar-refractivity contribution in [1.82, 2.24) is 10.2 Å². The zero-order valence-electron chi connectivity index (χ0n) is 18.6. The molecule has 3 amide bonds. The molecule has 1 saturated heterocycles. The van der Waals surface area contributed by atoms with E-state index in [0.29, 0.717) is 21.7 Å². The quantitative estimate of drug-likeness (QED) is 0.584. The normalized spacial score (nSPS) is 13.4. The van der Waals surface area contributed by atoms with Crippen LogP contribution < -0.4 is 10.2 Å². The number of hydrogen-bond donors (Lipinski definition) is 1. The molecule has 3 aromatic rings. The Bertz CT molecular complexity index is 1140. The van der Waals surface area contributed by atoms with Crippen molar-refractivity contribution in [3.8, 4) is 0 Å². The fraction of sp³-hybridized carbons (Fsp3) is 0.269. The Morgan fingerprint density at radius 1 is 0.970 bits per heavy atom. The molecule has 0 radical (unpaired) electrons. The summed E-state index contributed by atoms with van der Waals surface area (Å²) >= 11 is 1.37. The van der Waals surface area contributed by atoms with Gasteiger partial charge in [-0.3, -0.25) is 14.4 Å². The fourth-order valence-corrected chi connectivity index (χ4v) is 4.70. The van der Waals surface area contributed by atoms with Gasteiger partial charge >= 0.3 is 0 Å². The Hall–Kier alpha value is -3.45. The summed E-state index contributed by atoms with van der Waals surface area (Å²) in [7, 11) is 1.67. The highest BCUT2D eigenvalue weighted by Crippen LogP contribution is 2.23. The van der Waals surface area contributed by atoms with Gasteiger partial charge in [0.2, 0.25) is 0 Å². The lowest BCUT2D eigenvalue weighted by molar-refractivity contribution is 0.0724. The van der Waals surface area contributed by atoms with Crippen molar-refractivity contribution in [2.75, 3.05) is 25.0 Å². The molecule has 1 aliphatic heterocycles. The molecule has 1 N–H and O–H groups in total. The van der Waals surface area contributed by atoms with Crippen LogP contribution in [0.3, 0.4) is 0 Å². The molecule has 1 aliphatic rings. The topological polar surface area (TPSA) is 69.7 Å². The summed E-state index contributed by atoms with van der Waals surface area (Å²) in [5.74, 6) is -0.389. The van der Waals surface area contributed by atoms with Gasteiger partial charge in [-0.2, -0.15) is 0 Å². The van der Waals surface area contributed by atoms with E-state index >= 15 is 0 Å². The third kappa shape index (κ3) is 5.31. The van der Waals surface area contributed by atoms with Gasteiger partial charge in [-0.15, -0.1) is 11.3 Å². The Morgan fingerprint density at radius 2 is 1.76 bits per heavy atom. The van der Waals surface area contributed by atoms with Crippen LogP contribution in [0.4, 0.5) is 5.69 Å². The number of carbonyl (C=O) groups is 3. The summed E-state index contributed by atoms with van der Waals surface area (Å²) in [6.07, 6.45) is 3.26. The molecular formula is C26H27N3O3S. The van der Waals surface area contributed by atoms with Crippen LogP contribution in [0.1, 0.15) is 55.2 Å². The molecule has 1 fully saturated rings. The maximum atomic E-state index is 13.0. The molecule has 0 atom stereocenters. The highest BCUT2D eigenvalue weighted by atomic mass is 32.1.